The minimum absolute atomic E-state index is 0.687. The summed E-state index contributed by atoms with van der Waals surface area (Å²) in [5, 5.41) is 8.52. The molecule has 0 unspecified atom stereocenters. The lowest BCUT2D eigenvalue weighted by Crippen LogP contribution is -2.40. The second-order valence-corrected chi connectivity index (χ2v) is 4.63. The Morgan fingerprint density at radius 3 is 2.35 bits per heavy atom. The molecule has 1 aromatic heterocycles. The number of azo groups is 1. The van der Waals surface area contributed by atoms with Crippen LogP contribution in [0.15, 0.2) is 52.8 Å². The summed E-state index contributed by atoms with van der Waals surface area (Å²) < 4.78 is 1.59. The maximum absolute atomic E-state index is 5.22. The Morgan fingerprint density at radius 2 is 1.75 bits per heavy atom. The normalized spacial score (nSPS) is 10.8. The summed E-state index contributed by atoms with van der Waals surface area (Å²) in [6.45, 7) is 1.97. The molecule has 1 heterocycles. The van der Waals surface area contributed by atoms with Crippen molar-refractivity contribution in [1.82, 2.24) is 0 Å². The van der Waals surface area contributed by atoms with Crippen molar-refractivity contribution < 1.29 is 9.57 Å². The molecule has 0 fully saturated rings. The summed E-state index contributed by atoms with van der Waals surface area (Å²) in [6.07, 6.45) is 1.80. The van der Waals surface area contributed by atoms with E-state index < -0.39 is 0 Å². The highest BCUT2D eigenvalue weighted by Crippen LogP contribution is 2.21. The third kappa shape index (κ3) is 3.12. The lowest BCUT2D eigenvalue weighted by molar-refractivity contribution is -0.875. The Balaban J connectivity index is 2.25. The number of hydrogen-bond acceptors (Lipinski definition) is 4. The lowest BCUT2D eigenvalue weighted by Gasteiger charge is -2.11. The second-order valence-electron chi connectivity index (χ2n) is 4.63. The van der Waals surface area contributed by atoms with Crippen LogP contribution in [0, 0.1) is 6.92 Å². The number of pyridine rings is 1. The van der Waals surface area contributed by atoms with Gasteiger partial charge in [0.1, 0.15) is 19.0 Å². The van der Waals surface area contributed by atoms with Crippen molar-refractivity contribution in [3.63, 3.8) is 0 Å². The largest absolute Gasteiger partial charge is 0.391 e. The van der Waals surface area contributed by atoms with Gasteiger partial charge in [-0.3, -0.25) is 0 Å². The molecule has 0 N–H and O–H groups in total. The van der Waals surface area contributed by atoms with Gasteiger partial charge in [-0.2, -0.15) is 0 Å². The molecule has 0 radical (unpaired) electrons. The van der Waals surface area contributed by atoms with Crippen molar-refractivity contribution >= 4 is 17.2 Å². The van der Waals surface area contributed by atoms with Gasteiger partial charge in [-0.25, -0.2) is 0 Å². The van der Waals surface area contributed by atoms with Gasteiger partial charge in [-0.15, -0.1) is 0 Å². The zero-order chi connectivity index (χ0) is 14.5. The van der Waals surface area contributed by atoms with Crippen LogP contribution < -0.4 is 14.5 Å². The predicted molar refractivity (Wildman–Crippen MR) is 78.8 cm³/mol. The maximum atomic E-state index is 5.22. The van der Waals surface area contributed by atoms with Gasteiger partial charge in [-0.05, 0) is 53.2 Å². The summed E-state index contributed by atoms with van der Waals surface area (Å²) in [5.74, 6) is 0.687. The Hall–Kier alpha value is -2.43. The van der Waals surface area contributed by atoms with Gasteiger partial charge in [0.25, 0.3) is 0 Å². The smallest absolute Gasteiger partial charge is 0.378 e. The van der Waals surface area contributed by atoms with Crippen molar-refractivity contribution in [2.45, 2.75) is 6.92 Å². The maximum Gasteiger partial charge on any atom is 0.391 e. The fourth-order valence-electron chi connectivity index (χ4n) is 1.78. The Kier molecular flexibility index (Phi) is 4.30. The van der Waals surface area contributed by atoms with Crippen LogP contribution in [0.1, 0.15) is 5.56 Å². The molecule has 2 aromatic rings. The molecule has 0 aliphatic rings. The molecular weight excluding hydrogens is 252 g/mol. The van der Waals surface area contributed by atoms with E-state index in [0.29, 0.717) is 5.82 Å². The fourth-order valence-corrected chi connectivity index (χ4v) is 1.78. The molecule has 0 saturated carbocycles. The Labute approximate surface area is 119 Å². The van der Waals surface area contributed by atoms with Gasteiger partial charge < -0.3 is 9.74 Å². The second kappa shape index (κ2) is 6.14. The van der Waals surface area contributed by atoms with Crippen LogP contribution in [0.4, 0.5) is 17.2 Å². The van der Waals surface area contributed by atoms with Gasteiger partial charge in [-0.1, -0.05) is 0 Å². The monoisotopic (exact) mass is 271 g/mol. The van der Waals surface area contributed by atoms with Crippen LogP contribution in [0.5, 0.6) is 0 Å². The molecule has 2 rings (SSSR count). The minimum atomic E-state index is 0.687. The van der Waals surface area contributed by atoms with Gasteiger partial charge in [0.15, 0.2) is 0 Å². The first-order valence-corrected chi connectivity index (χ1v) is 6.36. The Bertz CT molecular complexity index is 606. The summed E-state index contributed by atoms with van der Waals surface area (Å²) in [4.78, 5) is 7.26. The van der Waals surface area contributed by atoms with E-state index in [1.165, 1.54) is 0 Å². The topological polar surface area (TPSA) is 41.1 Å². The van der Waals surface area contributed by atoms with Gasteiger partial charge in [0, 0.05) is 25.3 Å². The van der Waals surface area contributed by atoms with Gasteiger partial charge in [0.05, 0.1) is 5.11 Å². The fraction of sp³-hybridized carbons (Fsp3) is 0.267. The van der Waals surface area contributed by atoms with Gasteiger partial charge in [0.2, 0.25) is 0 Å². The van der Waals surface area contributed by atoms with Crippen molar-refractivity contribution in [3.05, 3.63) is 48.2 Å². The summed E-state index contributed by atoms with van der Waals surface area (Å²) in [7, 11) is 5.61. The van der Waals surface area contributed by atoms with E-state index in [4.69, 9.17) is 4.84 Å². The molecular formula is C15H19N4O+. The van der Waals surface area contributed by atoms with E-state index in [1.54, 1.807) is 18.0 Å². The number of hydrogen-bond donors (Lipinski definition) is 0. The Morgan fingerprint density at radius 1 is 1.05 bits per heavy atom. The summed E-state index contributed by atoms with van der Waals surface area (Å²) >= 11 is 0. The van der Waals surface area contributed by atoms with E-state index in [9.17, 15) is 0 Å². The highest BCUT2D eigenvalue weighted by molar-refractivity contribution is 5.51. The first-order chi connectivity index (χ1) is 9.61. The molecule has 0 saturated heterocycles. The zero-order valence-corrected chi connectivity index (χ0v) is 12.2. The highest BCUT2D eigenvalue weighted by Gasteiger charge is 2.13. The van der Waals surface area contributed by atoms with E-state index in [0.717, 1.165) is 16.9 Å². The van der Waals surface area contributed by atoms with E-state index >= 15 is 0 Å². The van der Waals surface area contributed by atoms with E-state index in [2.05, 4.69) is 10.2 Å². The van der Waals surface area contributed by atoms with Crippen LogP contribution >= 0.6 is 0 Å². The first kappa shape index (κ1) is 14.0. The number of aromatic nitrogens is 1. The molecule has 20 heavy (non-hydrogen) atoms. The lowest BCUT2D eigenvalue weighted by atomic mass is 10.3. The number of rotatable bonds is 4. The number of aryl methyl sites for hydroxylation is 1. The van der Waals surface area contributed by atoms with Crippen molar-refractivity contribution in [3.8, 4) is 0 Å². The van der Waals surface area contributed by atoms with Crippen molar-refractivity contribution in [2.24, 2.45) is 10.2 Å². The number of anilines is 1. The van der Waals surface area contributed by atoms with Crippen molar-refractivity contribution in [1.29, 1.82) is 0 Å². The van der Waals surface area contributed by atoms with E-state index in [1.807, 2.05) is 62.3 Å². The molecule has 1 aromatic carbocycles. The third-order valence-electron chi connectivity index (χ3n) is 2.95. The standard InChI is InChI=1S/C15H19N4O/c1-12-6-5-11-19(20-4)15(12)17-16-13-7-9-14(10-8-13)18(2)3/h5-11H,1-4H3/q+1. The van der Waals surface area contributed by atoms with Crippen molar-refractivity contribution in [2.75, 3.05) is 26.1 Å². The molecule has 0 bridgehead atoms. The van der Waals surface area contributed by atoms with Gasteiger partial charge >= 0.3 is 5.82 Å². The molecule has 5 heteroatoms. The summed E-state index contributed by atoms with van der Waals surface area (Å²) in [6, 6.07) is 11.8. The van der Waals surface area contributed by atoms with Crippen LogP contribution in [-0.4, -0.2) is 21.2 Å². The molecule has 5 nitrogen and oxygen atoms in total. The first-order valence-electron chi connectivity index (χ1n) is 6.36. The number of benzene rings is 1. The average molecular weight is 271 g/mol. The molecule has 0 aliphatic carbocycles. The van der Waals surface area contributed by atoms with E-state index in [-0.39, 0.29) is 0 Å². The third-order valence-corrected chi connectivity index (χ3v) is 2.95. The van der Waals surface area contributed by atoms with Crippen LogP contribution in [-0.2, 0) is 0 Å². The van der Waals surface area contributed by atoms with Crippen LogP contribution in [0.25, 0.3) is 0 Å². The van der Waals surface area contributed by atoms with Crippen LogP contribution in [0.2, 0.25) is 0 Å². The molecule has 0 aliphatic heterocycles. The number of nitrogens with zero attached hydrogens (tertiary/aromatic N) is 4. The summed E-state index contributed by atoms with van der Waals surface area (Å²) in [5.41, 5.74) is 2.94. The molecule has 104 valence electrons. The quantitative estimate of drug-likeness (QED) is 0.634. The average Bonchev–Trinajstić information content (AvgIpc) is 2.46. The predicted octanol–water partition coefficient (Wildman–Crippen LogP) is 2.82. The SMILES string of the molecule is CO[n+]1cccc(C)c1N=Nc1ccc(N(C)C)cc1. The molecule has 0 amide bonds. The van der Waals surface area contributed by atoms with Crippen LogP contribution in [0.3, 0.4) is 0 Å². The highest BCUT2D eigenvalue weighted by atomic mass is 16.6. The molecule has 0 spiro atoms. The minimum Gasteiger partial charge on any atom is -0.378 e. The zero-order valence-electron chi connectivity index (χ0n) is 12.2. The molecule has 0 atom stereocenters.